The van der Waals surface area contributed by atoms with Crippen LogP contribution in [0.2, 0.25) is 5.02 Å². The highest BCUT2D eigenvalue weighted by Crippen LogP contribution is 2.37. The number of carbonyl (C=O) groups excluding carboxylic acids is 1. The van der Waals surface area contributed by atoms with Crippen molar-refractivity contribution < 1.29 is 4.79 Å². The standard InChI is InChI=1S/C18H23ClN4OS/c1-22-10-13(19)14(21-22)11-23-9-3-6-15(23)16-7-8-17(25-16)18(24)20-12-4-2-5-12/h7-8,10,12,15H,2-6,9,11H2,1H3,(H,20,24)/t15-/m1/s1. The topological polar surface area (TPSA) is 50.2 Å². The molecule has 4 rings (SSSR count). The van der Waals surface area contributed by atoms with Crippen LogP contribution in [0.5, 0.6) is 0 Å². The normalized spacial score (nSPS) is 21.4. The van der Waals surface area contributed by atoms with Gasteiger partial charge in [-0.2, -0.15) is 5.10 Å². The van der Waals surface area contributed by atoms with Crippen molar-refractivity contribution in [2.24, 2.45) is 7.05 Å². The van der Waals surface area contributed by atoms with Crippen molar-refractivity contribution in [2.45, 2.75) is 50.7 Å². The Bertz CT molecular complexity index is 767. The van der Waals surface area contributed by atoms with Crippen molar-refractivity contribution in [1.29, 1.82) is 0 Å². The van der Waals surface area contributed by atoms with E-state index in [0.717, 1.165) is 54.4 Å². The first kappa shape index (κ1) is 17.1. The maximum absolute atomic E-state index is 12.4. The molecule has 2 aromatic rings. The minimum Gasteiger partial charge on any atom is -0.349 e. The van der Waals surface area contributed by atoms with E-state index in [4.69, 9.17) is 11.6 Å². The molecule has 0 spiro atoms. The number of hydrogen-bond donors (Lipinski definition) is 1. The molecule has 2 aliphatic rings. The second kappa shape index (κ2) is 7.09. The minimum absolute atomic E-state index is 0.0817. The first-order chi connectivity index (χ1) is 12.1. The summed E-state index contributed by atoms with van der Waals surface area (Å²) in [7, 11) is 1.89. The molecule has 134 valence electrons. The van der Waals surface area contributed by atoms with E-state index in [0.29, 0.717) is 12.1 Å². The Morgan fingerprint density at radius 2 is 2.20 bits per heavy atom. The maximum atomic E-state index is 12.4. The first-order valence-corrected chi connectivity index (χ1v) is 10.1. The highest BCUT2D eigenvalue weighted by molar-refractivity contribution is 7.14. The molecule has 1 atom stereocenters. The number of likely N-dealkylation sites (tertiary alicyclic amines) is 1. The summed E-state index contributed by atoms with van der Waals surface area (Å²) in [5, 5.41) is 8.31. The monoisotopic (exact) mass is 378 g/mol. The van der Waals surface area contributed by atoms with Crippen LogP contribution in [0.1, 0.15) is 58.4 Å². The number of nitrogens with one attached hydrogen (secondary N) is 1. The second-order valence-corrected chi connectivity index (χ2v) is 8.55. The molecule has 0 bridgehead atoms. The summed E-state index contributed by atoms with van der Waals surface area (Å²) in [4.78, 5) is 16.9. The van der Waals surface area contributed by atoms with E-state index in [-0.39, 0.29) is 5.91 Å². The van der Waals surface area contributed by atoms with Gasteiger partial charge in [0.2, 0.25) is 0 Å². The molecule has 0 aromatic carbocycles. The number of thiophene rings is 1. The number of amides is 1. The maximum Gasteiger partial charge on any atom is 0.261 e. The Morgan fingerprint density at radius 3 is 2.88 bits per heavy atom. The highest BCUT2D eigenvalue weighted by Gasteiger charge is 2.29. The van der Waals surface area contributed by atoms with Gasteiger partial charge in [0.15, 0.2) is 0 Å². The molecule has 1 aliphatic heterocycles. The molecule has 2 fully saturated rings. The lowest BCUT2D eigenvalue weighted by atomic mass is 9.93. The number of carbonyl (C=O) groups is 1. The van der Waals surface area contributed by atoms with Gasteiger partial charge in [-0.3, -0.25) is 14.4 Å². The van der Waals surface area contributed by atoms with Crippen LogP contribution in [0.25, 0.3) is 0 Å². The van der Waals surface area contributed by atoms with Crippen LogP contribution in [0.15, 0.2) is 18.3 Å². The van der Waals surface area contributed by atoms with Crippen LogP contribution >= 0.6 is 22.9 Å². The van der Waals surface area contributed by atoms with Gasteiger partial charge in [-0.15, -0.1) is 11.3 Å². The molecule has 1 aliphatic carbocycles. The zero-order valence-electron chi connectivity index (χ0n) is 14.4. The van der Waals surface area contributed by atoms with Gasteiger partial charge >= 0.3 is 0 Å². The van der Waals surface area contributed by atoms with E-state index in [9.17, 15) is 4.79 Å². The number of nitrogens with zero attached hydrogens (tertiary/aromatic N) is 3. The Labute approximate surface area is 157 Å². The molecule has 25 heavy (non-hydrogen) atoms. The third-order valence-electron chi connectivity index (χ3n) is 5.19. The van der Waals surface area contributed by atoms with E-state index < -0.39 is 0 Å². The summed E-state index contributed by atoms with van der Waals surface area (Å²) >= 11 is 7.90. The van der Waals surface area contributed by atoms with Crippen LogP contribution in [0.4, 0.5) is 0 Å². The van der Waals surface area contributed by atoms with E-state index in [2.05, 4.69) is 21.4 Å². The summed E-state index contributed by atoms with van der Waals surface area (Å²) in [6.07, 6.45) is 7.59. The lowest BCUT2D eigenvalue weighted by Crippen LogP contribution is -2.39. The van der Waals surface area contributed by atoms with Crippen molar-refractivity contribution in [3.63, 3.8) is 0 Å². The summed E-state index contributed by atoms with van der Waals surface area (Å²) in [6.45, 7) is 1.80. The predicted octanol–water partition coefficient (Wildman–Crippen LogP) is 3.75. The molecule has 0 radical (unpaired) electrons. The summed E-state index contributed by atoms with van der Waals surface area (Å²) < 4.78 is 1.76. The third kappa shape index (κ3) is 3.61. The molecule has 1 saturated carbocycles. The number of aromatic nitrogens is 2. The first-order valence-electron chi connectivity index (χ1n) is 8.93. The Morgan fingerprint density at radius 1 is 1.36 bits per heavy atom. The molecule has 2 aromatic heterocycles. The van der Waals surface area contributed by atoms with E-state index in [1.54, 1.807) is 16.0 Å². The van der Waals surface area contributed by atoms with E-state index >= 15 is 0 Å². The molecule has 1 amide bonds. The average molecular weight is 379 g/mol. The third-order valence-corrected chi connectivity index (χ3v) is 6.69. The Balaban J connectivity index is 1.45. The molecular weight excluding hydrogens is 356 g/mol. The summed E-state index contributed by atoms with van der Waals surface area (Å²) in [5.41, 5.74) is 0.926. The van der Waals surface area contributed by atoms with Crippen molar-refractivity contribution in [2.75, 3.05) is 6.54 Å². The lowest BCUT2D eigenvalue weighted by molar-refractivity contribution is 0.0921. The molecule has 7 heteroatoms. The van der Waals surface area contributed by atoms with Gasteiger partial charge < -0.3 is 5.32 Å². The highest BCUT2D eigenvalue weighted by atomic mass is 35.5. The van der Waals surface area contributed by atoms with Crippen LogP contribution < -0.4 is 5.32 Å². The zero-order chi connectivity index (χ0) is 17.4. The van der Waals surface area contributed by atoms with Gasteiger partial charge in [-0.1, -0.05) is 11.6 Å². The smallest absolute Gasteiger partial charge is 0.261 e. The fraction of sp³-hybridized carbons (Fsp3) is 0.556. The molecule has 1 saturated heterocycles. The number of rotatable bonds is 5. The van der Waals surface area contributed by atoms with Gasteiger partial charge in [0.25, 0.3) is 5.91 Å². The van der Waals surface area contributed by atoms with Crippen molar-refractivity contribution >= 4 is 28.8 Å². The van der Waals surface area contributed by atoms with E-state index in [1.807, 2.05) is 19.3 Å². The number of halogens is 1. The van der Waals surface area contributed by atoms with Crippen molar-refractivity contribution in [1.82, 2.24) is 20.0 Å². The Kier molecular flexibility index (Phi) is 4.84. The van der Waals surface area contributed by atoms with Crippen LogP contribution in [-0.4, -0.2) is 33.2 Å². The van der Waals surface area contributed by atoms with Crippen LogP contribution in [0.3, 0.4) is 0 Å². The average Bonchev–Trinajstić information content (AvgIpc) is 3.24. The predicted molar refractivity (Wildman–Crippen MR) is 100 cm³/mol. The van der Waals surface area contributed by atoms with Crippen molar-refractivity contribution in [3.8, 4) is 0 Å². The molecule has 3 heterocycles. The van der Waals surface area contributed by atoms with Gasteiger partial charge in [0.05, 0.1) is 15.6 Å². The second-order valence-electron chi connectivity index (χ2n) is 7.03. The molecule has 1 N–H and O–H groups in total. The Hall–Kier alpha value is -1.37. The largest absolute Gasteiger partial charge is 0.349 e. The number of hydrogen-bond acceptors (Lipinski definition) is 4. The van der Waals surface area contributed by atoms with Gasteiger partial charge in [-0.25, -0.2) is 0 Å². The van der Waals surface area contributed by atoms with Crippen molar-refractivity contribution in [3.05, 3.63) is 38.8 Å². The van der Waals surface area contributed by atoms with Crippen LogP contribution in [-0.2, 0) is 13.6 Å². The van der Waals surface area contributed by atoms with E-state index in [1.165, 1.54) is 11.3 Å². The van der Waals surface area contributed by atoms with Gasteiger partial charge in [-0.05, 0) is 50.8 Å². The number of aryl methyl sites for hydroxylation is 1. The van der Waals surface area contributed by atoms with Gasteiger partial charge in [0, 0.05) is 36.8 Å². The fourth-order valence-electron chi connectivity index (χ4n) is 3.61. The lowest BCUT2D eigenvalue weighted by Gasteiger charge is -2.26. The quantitative estimate of drug-likeness (QED) is 0.861. The molecule has 5 nitrogen and oxygen atoms in total. The van der Waals surface area contributed by atoms with Gasteiger partial charge in [0.1, 0.15) is 0 Å². The molecule has 0 unspecified atom stereocenters. The minimum atomic E-state index is 0.0817. The summed E-state index contributed by atoms with van der Waals surface area (Å²) in [5.74, 6) is 0.0817. The molecular formula is C18H23ClN4OS. The summed E-state index contributed by atoms with van der Waals surface area (Å²) in [6, 6.07) is 4.82. The SMILES string of the molecule is Cn1cc(Cl)c(CN2CCC[C@@H]2c2ccc(C(=O)NC3CCC3)s2)n1. The fourth-order valence-corrected chi connectivity index (χ4v) is 4.93. The van der Waals surface area contributed by atoms with Crippen LogP contribution in [0, 0.1) is 0 Å². The zero-order valence-corrected chi connectivity index (χ0v) is 15.9.